The number of aromatic nitrogens is 1. The first-order chi connectivity index (χ1) is 7.59. The molecule has 16 heavy (non-hydrogen) atoms. The zero-order valence-corrected chi connectivity index (χ0v) is 8.88. The maximum atomic E-state index is 13.4. The Hall–Kier alpha value is -1.30. The molecule has 1 aliphatic heterocycles. The van der Waals surface area contributed by atoms with Crippen molar-refractivity contribution in [2.45, 2.75) is 0 Å². The fraction of sp³-hybridized carbons (Fsp3) is 0.500. The van der Waals surface area contributed by atoms with Crippen molar-refractivity contribution in [3.8, 4) is 0 Å². The second kappa shape index (κ2) is 4.29. The third-order valence-corrected chi connectivity index (χ3v) is 2.73. The maximum absolute atomic E-state index is 13.4. The number of halogens is 3. The number of anilines is 1. The fourth-order valence-corrected chi connectivity index (χ4v) is 1.75. The van der Waals surface area contributed by atoms with E-state index in [0.29, 0.717) is 32.4 Å². The van der Waals surface area contributed by atoms with Gasteiger partial charge in [0.15, 0.2) is 5.82 Å². The Labute approximate surface area is 91.5 Å². The number of nitrogens with zero attached hydrogens (tertiary/aromatic N) is 3. The quantitative estimate of drug-likeness (QED) is 0.678. The van der Waals surface area contributed by atoms with Crippen molar-refractivity contribution in [2.24, 2.45) is 0 Å². The van der Waals surface area contributed by atoms with E-state index < -0.39 is 17.6 Å². The van der Waals surface area contributed by atoms with Crippen LogP contribution in [-0.2, 0) is 0 Å². The molecule has 3 nitrogen and oxygen atoms in total. The average Bonchev–Trinajstić information content (AvgIpc) is 2.27. The number of hydrogen-bond donors (Lipinski definition) is 0. The summed E-state index contributed by atoms with van der Waals surface area (Å²) in [6, 6.07) is 0. The van der Waals surface area contributed by atoms with Gasteiger partial charge in [0, 0.05) is 26.2 Å². The van der Waals surface area contributed by atoms with Crippen molar-refractivity contribution in [3.05, 3.63) is 23.8 Å². The molecule has 2 rings (SSSR count). The van der Waals surface area contributed by atoms with Gasteiger partial charge in [-0.25, -0.2) is 9.37 Å². The summed E-state index contributed by atoms with van der Waals surface area (Å²) in [7, 11) is 1.93. The lowest BCUT2D eigenvalue weighted by Gasteiger charge is -2.34. The molecule has 0 amide bonds. The second-order valence-corrected chi connectivity index (χ2v) is 3.85. The summed E-state index contributed by atoms with van der Waals surface area (Å²) < 4.78 is 39.7. The molecular formula is C10H12F3N3. The lowest BCUT2D eigenvalue weighted by Crippen LogP contribution is -2.45. The Morgan fingerprint density at radius 2 is 1.75 bits per heavy atom. The van der Waals surface area contributed by atoms with Crippen LogP contribution >= 0.6 is 0 Å². The molecule has 0 N–H and O–H groups in total. The smallest absolute Gasteiger partial charge is 0.251 e. The highest BCUT2D eigenvalue weighted by Crippen LogP contribution is 2.24. The van der Waals surface area contributed by atoms with Crippen LogP contribution in [0.25, 0.3) is 0 Å². The van der Waals surface area contributed by atoms with Gasteiger partial charge in [0.05, 0.1) is 6.20 Å². The van der Waals surface area contributed by atoms with E-state index in [9.17, 15) is 13.2 Å². The second-order valence-electron chi connectivity index (χ2n) is 3.85. The molecule has 2 heterocycles. The van der Waals surface area contributed by atoms with Crippen LogP contribution in [0.5, 0.6) is 0 Å². The minimum Gasteiger partial charge on any atom is -0.364 e. The number of likely N-dealkylation sites (N-methyl/N-ethyl adjacent to an activating group) is 1. The molecule has 0 aromatic carbocycles. The summed E-state index contributed by atoms with van der Waals surface area (Å²) in [5, 5.41) is 0. The minimum absolute atomic E-state index is 0.305. The number of rotatable bonds is 1. The third-order valence-electron chi connectivity index (χ3n) is 2.73. The van der Waals surface area contributed by atoms with Crippen LogP contribution in [0, 0.1) is 17.6 Å². The monoisotopic (exact) mass is 231 g/mol. The fourth-order valence-electron chi connectivity index (χ4n) is 1.75. The molecule has 1 aromatic heterocycles. The number of piperazine rings is 1. The summed E-state index contributed by atoms with van der Waals surface area (Å²) >= 11 is 0. The minimum atomic E-state index is -1.25. The SMILES string of the molecule is CN1CCN(c2c(F)cnc(F)c2F)CC1. The van der Waals surface area contributed by atoms with Gasteiger partial charge in [-0.05, 0) is 7.05 Å². The van der Waals surface area contributed by atoms with E-state index in [1.165, 1.54) is 4.90 Å². The van der Waals surface area contributed by atoms with Gasteiger partial charge in [-0.2, -0.15) is 8.78 Å². The molecule has 1 fully saturated rings. The Kier molecular flexibility index (Phi) is 3.00. The van der Waals surface area contributed by atoms with E-state index in [-0.39, 0.29) is 5.69 Å². The average molecular weight is 231 g/mol. The van der Waals surface area contributed by atoms with Crippen molar-refractivity contribution >= 4 is 5.69 Å². The van der Waals surface area contributed by atoms with Gasteiger partial charge < -0.3 is 9.80 Å². The Morgan fingerprint density at radius 1 is 1.12 bits per heavy atom. The lowest BCUT2D eigenvalue weighted by molar-refractivity contribution is 0.309. The molecule has 1 saturated heterocycles. The van der Waals surface area contributed by atoms with Gasteiger partial charge in [0.2, 0.25) is 5.82 Å². The van der Waals surface area contributed by atoms with Crippen LogP contribution in [0.4, 0.5) is 18.9 Å². The van der Waals surface area contributed by atoms with Crippen LogP contribution in [0.1, 0.15) is 0 Å². The molecule has 6 heteroatoms. The number of pyridine rings is 1. The van der Waals surface area contributed by atoms with Gasteiger partial charge in [0.1, 0.15) is 5.69 Å². The Balaban J connectivity index is 2.29. The molecule has 1 aromatic rings. The zero-order chi connectivity index (χ0) is 11.7. The zero-order valence-electron chi connectivity index (χ0n) is 8.88. The molecule has 1 aliphatic rings. The van der Waals surface area contributed by atoms with Gasteiger partial charge >= 0.3 is 0 Å². The van der Waals surface area contributed by atoms with E-state index >= 15 is 0 Å². The molecule has 88 valence electrons. The summed E-state index contributed by atoms with van der Waals surface area (Å²) in [6.07, 6.45) is 0.714. The molecule has 0 spiro atoms. The van der Waals surface area contributed by atoms with Crippen molar-refractivity contribution in [3.63, 3.8) is 0 Å². The van der Waals surface area contributed by atoms with Gasteiger partial charge in [-0.15, -0.1) is 0 Å². The predicted octanol–water partition coefficient (Wildman–Crippen LogP) is 1.25. The van der Waals surface area contributed by atoms with E-state index in [1.807, 2.05) is 11.9 Å². The van der Waals surface area contributed by atoms with Gasteiger partial charge in [0.25, 0.3) is 5.95 Å². The van der Waals surface area contributed by atoms with Crippen molar-refractivity contribution in [1.29, 1.82) is 0 Å². The first kappa shape index (κ1) is 11.2. The van der Waals surface area contributed by atoms with E-state index in [4.69, 9.17) is 0 Å². The molecule has 0 bridgehead atoms. The number of hydrogen-bond acceptors (Lipinski definition) is 3. The first-order valence-electron chi connectivity index (χ1n) is 5.02. The predicted molar refractivity (Wildman–Crippen MR) is 53.8 cm³/mol. The summed E-state index contributed by atoms with van der Waals surface area (Å²) in [5.41, 5.74) is -0.305. The normalized spacial score (nSPS) is 17.9. The summed E-state index contributed by atoms with van der Waals surface area (Å²) in [6.45, 7) is 2.35. The van der Waals surface area contributed by atoms with Crippen molar-refractivity contribution in [2.75, 3.05) is 38.1 Å². The molecule has 0 atom stereocenters. The highest BCUT2D eigenvalue weighted by Gasteiger charge is 2.23. The van der Waals surface area contributed by atoms with E-state index in [0.717, 1.165) is 0 Å². The molecule has 0 radical (unpaired) electrons. The maximum Gasteiger partial charge on any atom is 0.251 e. The summed E-state index contributed by atoms with van der Waals surface area (Å²) in [5.74, 6) is -3.27. The highest BCUT2D eigenvalue weighted by molar-refractivity contribution is 5.48. The van der Waals surface area contributed by atoms with Crippen molar-refractivity contribution < 1.29 is 13.2 Å². The standard InChI is InChI=1S/C10H12F3N3/c1-15-2-4-16(5-3-15)9-7(11)6-14-10(13)8(9)12/h6H,2-5H2,1H3. The highest BCUT2D eigenvalue weighted by atomic mass is 19.2. The van der Waals surface area contributed by atoms with E-state index in [1.54, 1.807) is 0 Å². The van der Waals surface area contributed by atoms with Crippen LogP contribution < -0.4 is 4.90 Å². The third kappa shape index (κ3) is 1.97. The Bertz CT molecular complexity index is 389. The van der Waals surface area contributed by atoms with Crippen LogP contribution in [0.15, 0.2) is 6.20 Å². The van der Waals surface area contributed by atoms with Crippen LogP contribution in [0.3, 0.4) is 0 Å². The van der Waals surface area contributed by atoms with Crippen molar-refractivity contribution in [1.82, 2.24) is 9.88 Å². The Morgan fingerprint density at radius 3 is 2.38 bits per heavy atom. The molecule has 0 saturated carbocycles. The largest absolute Gasteiger partial charge is 0.364 e. The molecule has 0 aliphatic carbocycles. The van der Waals surface area contributed by atoms with Gasteiger partial charge in [-0.1, -0.05) is 0 Å². The van der Waals surface area contributed by atoms with E-state index in [2.05, 4.69) is 4.98 Å². The lowest BCUT2D eigenvalue weighted by atomic mass is 10.2. The molecule has 0 unspecified atom stereocenters. The topological polar surface area (TPSA) is 19.4 Å². The summed E-state index contributed by atoms with van der Waals surface area (Å²) in [4.78, 5) is 6.55. The molecular weight excluding hydrogens is 219 g/mol. The van der Waals surface area contributed by atoms with Gasteiger partial charge in [-0.3, -0.25) is 0 Å². The first-order valence-corrected chi connectivity index (χ1v) is 5.02. The van der Waals surface area contributed by atoms with Crippen LogP contribution in [-0.4, -0.2) is 43.1 Å². The van der Waals surface area contributed by atoms with Crippen LogP contribution in [0.2, 0.25) is 0 Å².